The number of amides is 1. The molecule has 10 heteroatoms. The van der Waals surface area contributed by atoms with Crippen molar-refractivity contribution in [3.05, 3.63) is 57.8 Å². The SMILES string of the molecule is CC(C)c1cc(C(=O)Nc2nn[nH]n2)nc(-c2ccc([N+](=O)[O-])cc2)c1. The predicted molar refractivity (Wildman–Crippen MR) is 92.5 cm³/mol. The summed E-state index contributed by atoms with van der Waals surface area (Å²) in [5, 5.41) is 26.3. The summed E-state index contributed by atoms with van der Waals surface area (Å²) in [6.45, 7) is 3.99. The summed E-state index contributed by atoms with van der Waals surface area (Å²) in [4.78, 5) is 27.1. The molecule has 132 valence electrons. The molecule has 0 atom stereocenters. The van der Waals surface area contributed by atoms with E-state index < -0.39 is 10.8 Å². The van der Waals surface area contributed by atoms with Crippen LogP contribution in [0.15, 0.2) is 36.4 Å². The maximum atomic E-state index is 12.4. The van der Waals surface area contributed by atoms with Crippen molar-refractivity contribution in [3.8, 4) is 11.3 Å². The predicted octanol–water partition coefficient (Wildman–Crippen LogP) is 2.55. The lowest BCUT2D eigenvalue weighted by Gasteiger charge is -2.11. The smallest absolute Gasteiger partial charge is 0.276 e. The van der Waals surface area contributed by atoms with Gasteiger partial charge in [-0.2, -0.15) is 5.21 Å². The number of nitro groups is 1. The number of rotatable bonds is 5. The van der Waals surface area contributed by atoms with Gasteiger partial charge in [-0.05, 0) is 41.0 Å². The molecule has 0 saturated heterocycles. The van der Waals surface area contributed by atoms with E-state index in [0.29, 0.717) is 11.3 Å². The van der Waals surface area contributed by atoms with Crippen molar-refractivity contribution in [2.24, 2.45) is 0 Å². The Morgan fingerprint density at radius 2 is 1.96 bits per heavy atom. The molecule has 0 aliphatic carbocycles. The number of nitrogens with zero attached hydrogens (tertiary/aromatic N) is 5. The van der Waals surface area contributed by atoms with Crippen LogP contribution in [0.2, 0.25) is 0 Å². The normalized spacial score (nSPS) is 10.7. The Morgan fingerprint density at radius 1 is 1.23 bits per heavy atom. The van der Waals surface area contributed by atoms with E-state index in [1.165, 1.54) is 12.1 Å². The van der Waals surface area contributed by atoms with Gasteiger partial charge >= 0.3 is 0 Å². The standard InChI is InChI=1S/C16H15N7O3/c1-9(2)11-7-13(10-3-5-12(6-4-10)23(25)26)17-14(8-11)15(24)18-16-19-21-22-20-16/h3-9H,1-2H3,(H2,18,19,20,21,22,24). The molecule has 0 unspecified atom stereocenters. The number of non-ortho nitro benzene ring substituents is 1. The minimum Gasteiger partial charge on any atom is -0.286 e. The molecule has 3 aromatic rings. The van der Waals surface area contributed by atoms with Crippen LogP contribution in [0.5, 0.6) is 0 Å². The molecule has 2 N–H and O–H groups in total. The van der Waals surface area contributed by atoms with Crippen molar-refractivity contribution in [2.45, 2.75) is 19.8 Å². The van der Waals surface area contributed by atoms with Gasteiger partial charge in [-0.3, -0.25) is 20.2 Å². The number of tetrazole rings is 1. The van der Waals surface area contributed by atoms with E-state index in [0.717, 1.165) is 5.56 Å². The molecule has 0 saturated carbocycles. The van der Waals surface area contributed by atoms with Crippen LogP contribution < -0.4 is 5.32 Å². The molecule has 2 aromatic heterocycles. The Hall–Kier alpha value is -3.69. The maximum absolute atomic E-state index is 12.4. The van der Waals surface area contributed by atoms with Gasteiger partial charge in [-0.25, -0.2) is 4.98 Å². The largest absolute Gasteiger partial charge is 0.286 e. The molecule has 26 heavy (non-hydrogen) atoms. The highest BCUT2D eigenvalue weighted by atomic mass is 16.6. The number of hydrogen-bond acceptors (Lipinski definition) is 7. The topological polar surface area (TPSA) is 140 Å². The number of aromatic nitrogens is 5. The Labute approximate surface area is 147 Å². The average molecular weight is 353 g/mol. The van der Waals surface area contributed by atoms with Gasteiger partial charge in [0, 0.05) is 17.7 Å². The van der Waals surface area contributed by atoms with Gasteiger partial charge in [0.25, 0.3) is 17.5 Å². The zero-order valence-corrected chi connectivity index (χ0v) is 14.0. The minimum absolute atomic E-state index is 0.0103. The molecule has 0 bridgehead atoms. The first-order valence-corrected chi connectivity index (χ1v) is 7.75. The molecule has 1 amide bonds. The second kappa shape index (κ2) is 7.05. The fourth-order valence-electron chi connectivity index (χ4n) is 2.28. The van der Waals surface area contributed by atoms with Gasteiger partial charge in [0.1, 0.15) is 5.69 Å². The number of carbonyl (C=O) groups is 1. The molecular formula is C16H15N7O3. The Morgan fingerprint density at radius 3 is 2.54 bits per heavy atom. The second-order valence-electron chi connectivity index (χ2n) is 5.82. The number of nitrogens with one attached hydrogen (secondary N) is 2. The van der Waals surface area contributed by atoms with Crippen LogP contribution in [0.1, 0.15) is 35.8 Å². The highest BCUT2D eigenvalue weighted by Crippen LogP contribution is 2.25. The zero-order valence-electron chi connectivity index (χ0n) is 14.0. The molecule has 3 rings (SSSR count). The zero-order chi connectivity index (χ0) is 18.7. The number of nitro benzene ring substituents is 1. The molecular weight excluding hydrogens is 338 g/mol. The van der Waals surface area contributed by atoms with Crippen molar-refractivity contribution >= 4 is 17.5 Å². The highest BCUT2D eigenvalue weighted by molar-refractivity contribution is 6.02. The molecule has 10 nitrogen and oxygen atoms in total. The van der Waals surface area contributed by atoms with E-state index in [-0.39, 0.29) is 23.2 Å². The number of H-pyrrole nitrogens is 1. The molecule has 1 aromatic carbocycles. The van der Waals surface area contributed by atoms with Crippen LogP contribution >= 0.6 is 0 Å². The van der Waals surface area contributed by atoms with Crippen LogP contribution in [-0.2, 0) is 0 Å². The second-order valence-corrected chi connectivity index (χ2v) is 5.82. The number of aromatic amines is 1. The third-order valence-electron chi connectivity index (χ3n) is 3.69. The highest BCUT2D eigenvalue weighted by Gasteiger charge is 2.15. The minimum atomic E-state index is -0.475. The Bertz CT molecular complexity index is 937. The van der Waals surface area contributed by atoms with Crippen molar-refractivity contribution < 1.29 is 9.72 Å². The average Bonchev–Trinajstić information content (AvgIpc) is 3.14. The van der Waals surface area contributed by atoms with E-state index in [9.17, 15) is 14.9 Å². The monoisotopic (exact) mass is 353 g/mol. The van der Waals surface area contributed by atoms with Crippen molar-refractivity contribution in [1.82, 2.24) is 25.6 Å². The first kappa shape index (κ1) is 17.1. The first-order chi connectivity index (χ1) is 12.4. The fourth-order valence-corrected chi connectivity index (χ4v) is 2.28. The first-order valence-electron chi connectivity index (χ1n) is 7.75. The van der Waals surface area contributed by atoms with E-state index in [2.05, 4.69) is 30.9 Å². The summed E-state index contributed by atoms with van der Waals surface area (Å²) in [5.41, 5.74) is 2.31. The van der Waals surface area contributed by atoms with Crippen molar-refractivity contribution in [3.63, 3.8) is 0 Å². The molecule has 0 aliphatic rings. The number of pyridine rings is 1. The molecule has 0 radical (unpaired) electrons. The summed E-state index contributed by atoms with van der Waals surface area (Å²) in [6, 6.07) is 9.55. The summed E-state index contributed by atoms with van der Waals surface area (Å²) in [7, 11) is 0. The summed E-state index contributed by atoms with van der Waals surface area (Å²) >= 11 is 0. The van der Waals surface area contributed by atoms with E-state index in [4.69, 9.17) is 0 Å². The van der Waals surface area contributed by atoms with Gasteiger partial charge in [0.05, 0.1) is 10.6 Å². The number of carbonyl (C=O) groups excluding carboxylic acids is 1. The summed E-state index contributed by atoms with van der Waals surface area (Å²) in [5.74, 6) is -0.271. The van der Waals surface area contributed by atoms with E-state index in [1.54, 1.807) is 18.2 Å². The summed E-state index contributed by atoms with van der Waals surface area (Å²) < 4.78 is 0. The van der Waals surface area contributed by atoms with Gasteiger partial charge in [-0.15, -0.1) is 5.10 Å². The maximum Gasteiger partial charge on any atom is 0.276 e. The van der Waals surface area contributed by atoms with Crippen LogP contribution in [0.3, 0.4) is 0 Å². The molecule has 0 fully saturated rings. The Balaban J connectivity index is 1.98. The van der Waals surface area contributed by atoms with Crippen LogP contribution in [0.25, 0.3) is 11.3 Å². The Kier molecular flexibility index (Phi) is 4.65. The molecule has 2 heterocycles. The number of hydrogen-bond donors (Lipinski definition) is 2. The lowest BCUT2D eigenvalue weighted by Crippen LogP contribution is -2.15. The molecule has 0 spiro atoms. The van der Waals surface area contributed by atoms with Gasteiger partial charge in [0.2, 0.25) is 0 Å². The lowest BCUT2D eigenvalue weighted by molar-refractivity contribution is -0.384. The van der Waals surface area contributed by atoms with Crippen LogP contribution in [0.4, 0.5) is 11.6 Å². The van der Waals surface area contributed by atoms with Gasteiger partial charge < -0.3 is 0 Å². The fraction of sp³-hybridized carbons (Fsp3) is 0.188. The van der Waals surface area contributed by atoms with Crippen LogP contribution in [-0.4, -0.2) is 36.4 Å². The van der Waals surface area contributed by atoms with E-state index >= 15 is 0 Å². The lowest BCUT2D eigenvalue weighted by atomic mass is 10.00. The summed E-state index contributed by atoms with van der Waals surface area (Å²) in [6.07, 6.45) is 0. The van der Waals surface area contributed by atoms with E-state index in [1.807, 2.05) is 19.9 Å². The van der Waals surface area contributed by atoms with Gasteiger partial charge in [0.15, 0.2) is 0 Å². The third-order valence-corrected chi connectivity index (χ3v) is 3.69. The third kappa shape index (κ3) is 3.69. The quantitative estimate of drug-likeness (QED) is 0.530. The number of benzene rings is 1. The van der Waals surface area contributed by atoms with Crippen molar-refractivity contribution in [2.75, 3.05) is 5.32 Å². The van der Waals surface area contributed by atoms with Crippen LogP contribution in [0, 0.1) is 10.1 Å². The number of anilines is 1. The molecule has 0 aliphatic heterocycles. The van der Waals surface area contributed by atoms with Gasteiger partial charge in [-0.1, -0.05) is 18.9 Å². The van der Waals surface area contributed by atoms with Crippen molar-refractivity contribution in [1.29, 1.82) is 0 Å².